The van der Waals surface area contributed by atoms with Crippen molar-refractivity contribution in [1.82, 2.24) is 9.80 Å². The number of piperazine rings is 1. The second kappa shape index (κ2) is 9.40. The van der Waals surface area contributed by atoms with Crippen molar-refractivity contribution in [2.24, 2.45) is 0 Å². The number of benzene rings is 2. The third kappa shape index (κ3) is 5.25. The molecule has 160 valence electrons. The molecule has 9 heteroatoms. The van der Waals surface area contributed by atoms with Crippen molar-refractivity contribution in [2.45, 2.75) is 32.5 Å². The van der Waals surface area contributed by atoms with E-state index < -0.39 is 4.92 Å². The summed E-state index contributed by atoms with van der Waals surface area (Å²) in [5.41, 5.74) is 0.751. The van der Waals surface area contributed by atoms with Crippen LogP contribution in [-0.2, 0) is 11.3 Å². The van der Waals surface area contributed by atoms with Crippen molar-refractivity contribution < 1.29 is 18.8 Å². The highest BCUT2D eigenvalue weighted by Crippen LogP contribution is 2.28. The van der Waals surface area contributed by atoms with Crippen LogP contribution in [0.4, 0.5) is 10.1 Å². The van der Waals surface area contributed by atoms with E-state index in [0.29, 0.717) is 19.6 Å². The van der Waals surface area contributed by atoms with Gasteiger partial charge in [-0.15, -0.1) is 0 Å². The number of carbonyl (C=O) groups excluding carboxylic acids is 1. The smallest absolute Gasteiger partial charge is 0.291 e. The normalized spacial score (nSPS) is 19.5. The molecule has 7 nitrogen and oxygen atoms in total. The van der Waals surface area contributed by atoms with Crippen LogP contribution in [0.1, 0.15) is 19.4 Å². The summed E-state index contributed by atoms with van der Waals surface area (Å²) in [5, 5.41) is 11.0. The Hall–Kier alpha value is -2.71. The minimum atomic E-state index is -0.596. The third-order valence-corrected chi connectivity index (χ3v) is 5.53. The zero-order chi connectivity index (χ0) is 21.8. The number of amides is 1. The summed E-state index contributed by atoms with van der Waals surface area (Å²) in [6, 6.07) is 10.6. The highest BCUT2D eigenvalue weighted by atomic mass is 35.5. The van der Waals surface area contributed by atoms with Crippen molar-refractivity contribution in [3.8, 4) is 5.75 Å². The molecule has 3 rings (SSSR count). The summed E-state index contributed by atoms with van der Waals surface area (Å²) in [6.45, 7) is 5.68. The van der Waals surface area contributed by atoms with Gasteiger partial charge in [0.15, 0.2) is 6.61 Å². The molecule has 1 aliphatic heterocycles. The maximum Gasteiger partial charge on any atom is 0.291 e. The third-order valence-electron chi connectivity index (χ3n) is 5.21. The molecule has 1 fully saturated rings. The molecule has 2 aromatic rings. The molecular weight excluding hydrogens is 413 g/mol. The summed E-state index contributed by atoms with van der Waals surface area (Å²) >= 11 is 5.79. The van der Waals surface area contributed by atoms with Gasteiger partial charge in [0.2, 0.25) is 0 Å². The van der Waals surface area contributed by atoms with Gasteiger partial charge in [-0.25, -0.2) is 4.39 Å². The molecule has 2 atom stereocenters. The predicted molar refractivity (Wildman–Crippen MR) is 111 cm³/mol. The van der Waals surface area contributed by atoms with Gasteiger partial charge < -0.3 is 9.64 Å². The molecule has 0 radical (unpaired) electrons. The minimum absolute atomic E-state index is 0.0124. The SMILES string of the molecule is CC1CN(C(=O)COc2ccc(Cl)c([N+](=O)[O-])c2)C(C)CN1Cc1ccc(F)cc1. The molecule has 0 aromatic heterocycles. The van der Waals surface area contributed by atoms with Crippen LogP contribution in [0, 0.1) is 15.9 Å². The fourth-order valence-electron chi connectivity index (χ4n) is 3.54. The maximum absolute atomic E-state index is 13.1. The average Bonchev–Trinajstić information content (AvgIpc) is 2.71. The molecule has 1 saturated heterocycles. The van der Waals surface area contributed by atoms with Crippen molar-refractivity contribution in [3.05, 3.63) is 69.0 Å². The van der Waals surface area contributed by atoms with Crippen LogP contribution in [0.25, 0.3) is 0 Å². The van der Waals surface area contributed by atoms with Crippen LogP contribution in [0.5, 0.6) is 5.75 Å². The Morgan fingerprint density at radius 1 is 1.20 bits per heavy atom. The lowest BCUT2D eigenvalue weighted by Crippen LogP contribution is -2.58. The maximum atomic E-state index is 13.1. The molecule has 0 aliphatic carbocycles. The predicted octanol–water partition coefficient (Wildman–Crippen LogP) is 3.89. The average molecular weight is 436 g/mol. The van der Waals surface area contributed by atoms with Crippen molar-refractivity contribution in [3.63, 3.8) is 0 Å². The van der Waals surface area contributed by atoms with E-state index in [1.54, 1.807) is 17.0 Å². The van der Waals surface area contributed by atoms with Gasteiger partial charge in [-0.1, -0.05) is 23.7 Å². The van der Waals surface area contributed by atoms with Crippen LogP contribution in [0.15, 0.2) is 42.5 Å². The van der Waals surface area contributed by atoms with Gasteiger partial charge in [-0.05, 0) is 43.7 Å². The second-order valence-corrected chi connectivity index (χ2v) is 7.87. The first kappa shape index (κ1) is 22.0. The zero-order valence-corrected chi connectivity index (χ0v) is 17.5. The Morgan fingerprint density at radius 2 is 1.90 bits per heavy atom. The lowest BCUT2D eigenvalue weighted by molar-refractivity contribution is -0.384. The van der Waals surface area contributed by atoms with Crippen molar-refractivity contribution in [2.75, 3.05) is 19.7 Å². The summed E-state index contributed by atoms with van der Waals surface area (Å²) in [7, 11) is 0. The molecule has 1 heterocycles. The van der Waals surface area contributed by atoms with Gasteiger partial charge in [0.05, 0.1) is 11.0 Å². The number of nitro groups is 1. The minimum Gasteiger partial charge on any atom is -0.484 e. The monoisotopic (exact) mass is 435 g/mol. The van der Waals surface area contributed by atoms with Crippen molar-refractivity contribution in [1.29, 1.82) is 0 Å². The molecule has 2 aromatic carbocycles. The van der Waals surface area contributed by atoms with E-state index in [1.165, 1.54) is 30.3 Å². The highest BCUT2D eigenvalue weighted by Gasteiger charge is 2.32. The fraction of sp³-hybridized carbons (Fsp3) is 0.381. The number of nitrogens with zero attached hydrogens (tertiary/aromatic N) is 3. The van der Waals surface area contributed by atoms with E-state index in [2.05, 4.69) is 4.90 Å². The largest absolute Gasteiger partial charge is 0.484 e. The molecule has 0 bridgehead atoms. The molecule has 1 aliphatic rings. The Balaban J connectivity index is 1.58. The van der Waals surface area contributed by atoms with E-state index in [9.17, 15) is 19.3 Å². The first-order valence-corrected chi connectivity index (χ1v) is 9.97. The van der Waals surface area contributed by atoms with Gasteiger partial charge in [0, 0.05) is 31.7 Å². The van der Waals surface area contributed by atoms with Crippen LogP contribution < -0.4 is 4.74 Å². The zero-order valence-electron chi connectivity index (χ0n) is 16.8. The number of hydrogen-bond acceptors (Lipinski definition) is 5. The Morgan fingerprint density at radius 3 is 2.57 bits per heavy atom. The standard InChI is InChI=1S/C21H23ClFN3O4/c1-14-11-25(15(2)10-24(14)12-16-3-5-17(23)6-4-16)21(27)13-30-18-7-8-19(22)20(9-18)26(28)29/h3-9,14-15H,10-13H2,1-2H3. The number of carbonyl (C=O) groups is 1. The number of nitro benzene ring substituents is 1. The van der Waals surface area contributed by atoms with Crippen LogP contribution in [0.2, 0.25) is 5.02 Å². The molecule has 0 N–H and O–H groups in total. The van der Waals surface area contributed by atoms with E-state index >= 15 is 0 Å². The number of hydrogen-bond donors (Lipinski definition) is 0. The number of ether oxygens (including phenoxy) is 1. The number of rotatable bonds is 6. The molecule has 0 saturated carbocycles. The quantitative estimate of drug-likeness (QED) is 0.508. The fourth-order valence-corrected chi connectivity index (χ4v) is 3.73. The second-order valence-electron chi connectivity index (χ2n) is 7.46. The van der Waals surface area contributed by atoms with Crippen LogP contribution in [0.3, 0.4) is 0 Å². The first-order valence-electron chi connectivity index (χ1n) is 9.59. The van der Waals surface area contributed by atoms with Crippen LogP contribution >= 0.6 is 11.6 Å². The lowest BCUT2D eigenvalue weighted by Gasteiger charge is -2.44. The van der Waals surface area contributed by atoms with Gasteiger partial charge in [0.25, 0.3) is 11.6 Å². The van der Waals surface area contributed by atoms with E-state index in [4.69, 9.17) is 16.3 Å². The van der Waals surface area contributed by atoms with Gasteiger partial charge >= 0.3 is 0 Å². The highest BCUT2D eigenvalue weighted by molar-refractivity contribution is 6.32. The Kier molecular flexibility index (Phi) is 6.89. The summed E-state index contributed by atoms with van der Waals surface area (Å²) in [6.07, 6.45) is 0. The Labute approximate surface area is 179 Å². The molecule has 2 unspecified atom stereocenters. The van der Waals surface area contributed by atoms with Gasteiger partial charge in [0.1, 0.15) is 16.6 Å². The van der Waals surface area contributed by atoms with E-state index in [-0.39, 0.29) is 46.9 Å². The molecule has 1 amide bonds. The van der Waals surface area contributed by atoms with Crippen molar-refractivity contribution >= 4 is 23.2 Å². The van der Waals surface area contributed by atoms with E-state index in [1.807, 2.05) is 13.8 Å². The van der Waals surface area contributed by atoms with Gasteiger partial charge in [-0.2, -0.15) is 0 Å². The first-order chi connectivity index (χ1) is 14.2. The van der Waals surface area contributed by atoms with E-state index in [0.717, 1.165) is 5.56 Å². The molecular formula is C21H23ClFN3O4. The summed E-state index contributed by atoms with van der Waals surface area (Å²) < 4.78 is 18.6. The molecule has 0 spiro atoms. The molecule has 30 heavy (non-hydrogen) atoms. The number of halogens is 2. The van der Waals surface area contributed by atoms with Crippen LogP contribution in [-0.4, -0.2) is 52.4 Å². The lowest BCUT2D eigenvalue weighted by atomic mass is 10.1. The summed E-state index contributed by atoms with van der Waals surface area (Å²) in [4.78, 5) is 27.1. The topological polar surface area (TPSA) is 75.9 Å². The Bertz CT molecular complexity index is 925. The summed E-state index contributed by atoms with van der Waals surface area (Å²) in [5.74, 6) is -0.231. The van der Waals surface area contributed by atoms with Gasteiger partial charge in [-0.3, -0.25) is 19.8 Å².